The summed E-state index contributed by atoms with van der Waals surface area (Å²) in [5.74, 6) is -1.01. The number of rotatable bonds is 5. The van der Waals surface area contributed by atoms with Crippen molar-refractivity contribution in [1.82, 2.24) is 10.6 Å². The van der Waals surface area contributed by atoms with Crippen LogP contribution in [0.15, 0.2) is 18.2 Å². The lowest BCUT2D eigenvalue weighted by molar-refractivity contribution is -0.123. The van der Waals surface area contributed by atoms with Gasteiger partial charge in [0.1, 0.15) is 11.9 Å². The van der Waals surface area contributed by atoms with Gasteiger partial charge in [-0.05, 0) is 61.1 Å². The minimum Gasteiger partial charge on any atom is -0.352 e. The number of halogens is 2. The summed E-state index contributed by atoms with van der Waals surface area (Å²) >= 11 is 1.89. The maximum absolute atomic E-state index is 13.0. The van der Waals surface area contributed by atoms with E-state index in [1.165, 1.54) is 18.2 Å². The van der Waals surface area contributed by atoms with Crippen LogP contribution in [0, 0.1) is 9.39 Å². The second-order valence-electron chi connectivity index (χ2n) is 4.64. The normalized spacial score (nSPS) is 13.4. The molecule has 0 saturated heterocycles. The Morgan fingerprint density at radius 1 is 1.30 bits per heavy atom. The molecule has 4 nitrogen and oxygen atoms in total. The molecule has 2 atom stereocenters. The van der Waals surface area contributed by atoms with Crippen LogP contribution < -0.4 is 10.6 Å². The molecule has 1 aromatic carbocycles. The number of benzene rings is 1. The van der Waals surface area contributed by atoms with E-state index in [4.69, 9.17) is 0 Å². The average molecular weight is 392 g/mol. The SMILES string of the molecule is CCC(C)NC(=O)C(C)NC(=O)c1ccc(F)cc1I. The molecule has 2 amide bonds. The monoisotopic (exact) mass is 392 g/mol. The van der Waals surface area contributed by atoms with E-state index in [2.05, 4.69) is 10.6 Å². The van der Waals surface area contributed by atoms with Crippen LogP contribution >= 0.6 is 22.6 Å². The molecule has 0 fully saturated rings. The Balaban J connectivity index is 2.68. The lowest BCUT2D eigenvalue weighted by Gasteiger charge is -2.17. The van der Waals surface area contributed by atoms with Gasteiger partial charge in [-0.15, -0.1) is 0 Å². The first-order chi connectivity index (χ1) is 9.35. The molecule has 1 rings (SSSR count). The van der Waals surface area contributed by atoms with Crippen molar-refractivity contribution in [3.8, 4) is 0 Å². The molecule has 0 aliphatic rings. The molecule has 110 valence electrons. The van der Waals surface area contributed by atoms with E-state index in [0.29, 0.717) is 9.13 Å². The van der Waals surface area contributed by atoms with Gasteiger partial charge in [0.15, 0.2) is 0 Å². The number of hydrogen-bond acceptors (Lipinski definition) is 2. The van der Waals surface area contributed by atoms with Crippen LogP contribution in [-0.2, 0) is 4.79 Å². The lowest BCUT2D eigenvalue weighted by atomic mass is 10.2. The van der Waals surface area contributed by atoms with Gasteiger partial charge in [-0.2, -0.15) is 0 Å². The minimum atomic E-state index is -0.641. The predicted molar refractivity (Wildman–Crippen MR) is 83.9 cm³/mol. The molecule has 0 saturated carbocycles. The Labute approximate surface area is 131 Å². The van der Waals surface area contributed by atoms with Crippen LogP contribution in [0.4, 0.5) is 4.39 Å². The molecular formula is C14H18FIN2O2. The van der Waals surface area contributed by atoms with Gasteiger partial charge in [0.2, 0.25) is 5.91 Å². The van der Waals surface area contributed by atoms with Crippen molar-refractivity contribution in [2.75, 3.05) is 0 Å². The first-order valence-corrected chi connectivity index (χ1v) is 7.49. The molecule has 6 heteroatoms. The topological polar surface area (TPSA) is 58.2 Å². The summed E-state index contributed by atoms with van der Waals surface area (Å²) in [6.07, 6.45) is 0.822. The van der Waals surface area contributed by atoms with Crippen LogP contribution in [0.1, 0.15) is 37.6 Å². The number of carbonyl (C=O) groups is 2. The van der Waals surface area contributed by atoms with Crippen LogP contribution in [0.3, 0.4) is 0 Å². The third-order valence-corrected chi connectivity index (χ3v) is 3.81. The fourth-order valence-corrected chi connectivity index (χ4v) is 2.21. The molecular weight excluding hydrogens is 374 g/mol. The van der Waals surface area contributed by atoms with E-state index >= 15 is 0 Å². The van der Waals surface area contributed by atoms with Gasteiger partial charge in [0.25, 0.3) is 5.91 Å². The minimum absolute atomic E-state index is 0.0628. The Hall–Kier alpha value is -1.18. The van der Waals surface area contributed by atoms with Gasteiger partial charge in [0, 0.05) is 9.61 Å². The number of nitrogens with one attached hydrogen (secondary N) is 2. The highest BCUT2D eigenvalue weighted by Gasteiger charge is 2.19. The molecule has 0 aliphatic heterocycles. The summed E-state index contributed by atoms with van der Waals surface area (Å²) in [5, 5.41) is 5.40. The zero-order chi connectivity index (χ0) is 15.3. The number of hydrogen-bond donors (Lipinski definition) is 2. The van der Waals surface area contributed by atoms with Gasteiger partial charge < -0.3 is 10.6 Å². The van der Waals surface area contributed by atoms with E-state index in [1.54, 1.807) is 6.92 Å². The molecule has 2 N–H and O–H groups in total. The molecule has 0 heterocycles. The average Bonchev–Trinajstić information content (AvgIpc) is 2.37. The van der Waals surface area contributed by atoms with E-state index in [1.807, 2.05) is 36.4 Å². The van der Waals surface area contributed by atoms with Crippen molar-refractivity contribution < 1.29 is 14.0 Å². The Morgan fingerprint density at radius 2 is 1.95 bits per heavy atom. The van der Waals surface area contributed by atoms with E-state index in [0.717, 1.165) is 6.42 Å². The Bertz CT molecular complexity index is 508. The van der Waals surface area contributed by atoms with Gasteiger partial charge in [0.05, 0.1) is 5.56 Å². The summed E-state index contributed by atoms with van der Waals surface area (Å²) < 4.78 is 13.5. The first kappa shape index (κ1) is 16.9. The summed E-state index contributed by atoms with van der Waals surface area (Å²) in [6, 6.07) is 3.33. The van der Waals surface area contributed by atoms with E-state index in [-0.39, 0.29) is 17.9 Å². The lowest BCUT2D eigenvalue weighted by Crippen LogP contribution is -2.47. The highest BCUT2D eigenvalue weighted by molar-refractivity contribution is 14.1. The molecule has 2 unspecified atom stereocenters. The Kier molecular flexibility index (Phi) is 6.38. The fourth-order valence-electron chi connectivity index (χ4n) is 1.48. The van der Waals surface area contributed by atoms with Crippen LogP contribution in [0.25, 0.3) is 0 Å². The number of carbonyl (C=O) groups excluding carboxylic acids is 2. The van der Waals surface area contributed by atoms with Crippen molar-refractivity contribution in [3.05, 3.63) is 33.1 Å². The number of amides is 2. The third-order valence-electron chi connectivity index (χ3n) is 2.92. The fraction of sp³-hybridized carbons (Fsp3) is 0.429. The van der Waals surface area contributed by atoms with E-state index < -0.39 is 11.9 Å². The highest BCUT2D eigenvalue weighted by Crippen LogP contribution is 2.14. The Morgan fingerprint density at radius 3 is 2.50 bits per heavy atom. The van der Waals surface area contributed by atoms with Gasteiger partial charge in [-0.25, -0.2) is 4.39 Å². The van der Waals surface area contributed by atoms with Gasteiger partial charge >= 0.3 is 0 Å². The first-order valence-electron chi connectivity index (χ1n) is 6.41. The second-order valence-corrected chi connectivity index (χ2v) is 5.80. The molecule has 0 aliphatic carbocycles. The van der Waals surface area contributed by atoms with Crippen molar-refractivity contribution in [1.29, 1.82) is 0 Å². The zero-order valence-corrected chi connectivity index (χ0v) is 13.8. The summed E-state index contributed by atoms with van der Waals surface area (Å²) in [6.45, 7) is 5.48. The molecule has 0 spiro atoms. The summed E-state index contributed by atoms with van der Waals surface area (Å²) in [7, 11) is 0. The van der Waals surface area contributed by atoms with Crippen LogP contribution in [0.2, 0.25) is 0 Å². The predicted octanol–water partition coefficient (Wildman–Crippen LogP) is 2.46. The summed E-state index contributed by atoms with van der Waals surface area (Å²) in [5.41, 5.74) is 0.357. The molecule has 0 bridgehead atoms. The largest absolute Gasteiger partial charge is 0.352 e. The van der Waals surface area contributed by atoms with Crippen molar-refractivity contribution in [3.63, 3.8) is 0 Å². The van der Waals surface area contributed by atoms with Crippen molar-refractivity contribution in [2.45, 2.75) is 39.3 Å². The van der Waals surface area contributed by atoms with Crippen LogP contribution in [0.5, 0.6) is 0 Å². The smallest absolute Gasteiger partial charge is 0.252 e. The highest BCUT2D eigenvalue weighted by atomic mass is 127. The quantitative estimate of drug-likeness (QED) is 0.757. The molecule has 20 heavy (non-hydrogen) atoms. The molecule has 0 aromatic heterocycles. The second kappa shape index (κ2) is 7.56. The maximum Gasteiger partial charge on any atom is 0.252 e. The van der Waals surface area contributed by atoms with Gasteiger partial charge in [-0.3, -0.25) is 9.59 Å². The van der Waals surface area contributed by atoms with E-state index in [9.17, 15) is 14.0 Å². The zero-order valence-electron chi connectivity index (χ0n) is 11.7. The third kappa shape index (κ3) is 4.73. The molecule has 1 aromatic rings. The van der Waals surface area contributed by atoms with Gasteiger partial charge in [-0.1, -0.05) is 6.92 Å². The molecule has 0 radical (unpaired) electrons. The van der Waals surface area contributed by atoms with Crippen molar-refractivity contribution in [2.24, 2.45) is 0 Å². The summed E-state index contributed by atoms with van der Waals surface area (Å²) in [4.78, 5) is 23.9. The maximum atomic E-state index is 13.0. The standard InChI is InChI=1S/C14H18FIN2O2/c1-4-8(2)17-13(19)9(3)18-14(20)11-6-5-10(15)7-12(11)16/h5-9H,4H2,1-3H3,(H,17,19)(H,18,20). The van der Waals surface area contributed by atoms with Crippen molar-refractivity contribution >= 4 is 34.4 Å². The van der Waals surface area contributed by atoms with Crippen LogP contribution in [-0.4, -0.2) is 23.9 Å².